The minimum atomic E-state index is 0.517. The van der Waals surface area contributed by atoms with Crippen LogP contribution < -0.4 is 0 Å². The maximum absolute atomic E-state index is 9.52. The molecule has 0 aliphatic heterocycles. The largest absolute Gasteiger partial charge is 0.234 e. The van der Waals surface area contributed by atoms with E-state index in [2.05, 4.69) is 12.6 Å². The molecule has 2 heteroatoms. The monoisotopic (exact) mass is 102 g/mol. The van der Waals surface area contributed by atoms with Gasteiger partial charge in [-0.25, -0.2) is 4.79 Å². The van der Waals surface area contributed by atoms with Crippen molar-refractivity contribution in [3.05, 3.63) is 5.57 Å². The van der Waals surface area contributed by atoms with E-state index in [9.17, 15) is 4.79 Å². The Morgan fingerprint density at radius 3 is 2.50 bits per heavy atom. The van der Waals surface area contributed by atoms with Gasteiger partial charge in [-0.05, 0) is 6.92 Å². The molecule has 0 radical (unpaired) electrons. The Morgan fingerprint density at radius 2 is 2.50 bits per heavy atom. The second-order valence-electron chi connectivity index (χ2n) is 1.04. The highest BCUT2D eigenvalue weighted by molar-refractivity contribution is 7.80. The van der Waals surface area contributed by atoms with Crippen molar-refractivity contribution in [2.45, 2.75) is 6.92 Å². The molecule has 1 nitrogen and oxygen atoms in total. The number of carbonyl (C=O) groups excluding carboxylic acids is 1. The van der Waals surface area contributed by atoms with Gasteiger partial charge in [0.2, 0.25) is 0 Å². The standard InChI is InChI=1S/C4H6OS/c1-4(2-5)3-6/h6H,3H2,1H3. The van der Waals surface area contributed by atoms with E-state index < -0.39 is 0 Å². The Hall–Kier alpha value is -0.200. The van der Waals surface area contributed by atoms with Gasteiger partial charge >= 0.3 is 0 Å². The summed E-state index contributed by atoms with van der Waals surface area (Å²) in [7, 11) is 0. The van der Waals surface area contributed by atoms with Crippen LogP contribution >= 0.6 is 12.6 Å². The Kier molecular flexibility index (Phi) is 2.91. The van der Waals surface area contributed by atoms with E-state index in [-0.39, 0.29) is 0 Å². The average Bonchev–Trinajstić information content (AvgIpc) is 1.65. The number of hydrogen-bond donors (Lipinski definition) is 1. The van der Waals surface area contributed by atoms with Gasteiger partial charge in [0.15, 0.2) is 0 Å². The van der Waals surface area contributed by atoms with Crippen molar-refractivity contribution in [3.8, 4) is 0 Å². The zero-order valence-corrected chi connectivity index (χ0v) is 4.46. The van der Waals surface area contributed by atoms with Crippen LogP contribution in [0.2, 0.25) is 0 Å². The van der Waals surface area contributed by atoms with Gasteiger partial charge in [-0.3, -0.25) is 0 Å². The molecule has 0 atom stereocenters. The van der Waals surface area contributed by atoms with Gasteiger partial charge in [-0.1, -0.05) is 0 Å². The first-order chi connectivity index (χ1) is 2.81. The first-order valence-electron chi connectivity index (χ1n) is 1.62. The summed E-state index contributed by atoms with van der Waals surface area (Å²) in [6.07, 6.45) is 0. The lowest BCUT2D eigenvalue weighted by Crippen LogP contribution is -1.73. The van der Waals surface area contributed by atoms with Crippen LogP contribution in [0.15, 0.2) is 5.57 Å². The summed E-state index contributed by atoms with van der Waals surface area (Å²) in [5.74, 6) is 2.22. The Morgan fingerprint density at radius 1 is 2.00 bits per heavy atom. The van der Waals surface area contributed by atoms with Crippen LogP contribution in [-0.4, -0.2) is 11.7 Å². The molecule has 0 saturated heterocycles. The Bertz CT molecular complexity index is 81.5. The second-order valence-corrected chi connectivity index (χ2v) is 1.36. The van der Waals surface area contributed by atoms with Crippen molar-refractivity contribution < 1.29 is 4.79 Å². The lowest BCUT2D eigenvalue weighted by atomic mass is 10.4. The summed E-state index contributed by atoms with van der Waals surface area (Å²) in [6, 6.07) is 0. The fourth-order valence-electron chi connectivity index (χ4n) is 0.0323. The molecule has 0 N–H and O–H groups in total. The van der Waals surface area contributed by atoms with E-state index in [1.165, 1.54) is 0 Å². The number of hydrogen-bond acceptors (Lipinski definition) is 2. The van der Waals surface area contributed by atoms with E-state index >= 15 is 0 Å². The van der Waals surface area contributed by atoms with Crippen LogP contribution in [0.25, 0.3) is 0 Å². The van der Waals surface area contributed by atoms with Crippen LogP contribution in [-0.2, 0) is 4.79 Å². The maximum Gasteiger partial charge on any atom is 0.124 e. The molecule has 0 fully saturated rings. The Balaban J connectivity index is 3.52. The molecule has 0 saturated carbocycles. The molecular formula is C4H6OS. The van der Waals surface area contributed by atoms with E-state index in [4.69, 9.17) is 0 Å². The summed E-state index contributed by atoms with van der Waals surface area (Å²) in [6.45, 7) is 1.69. The van der Waals surface area contributed by atoms with Gasteiger partial charge in [-0.15, -0.1) is 0 Å². The van der Waals surface area contributed by atoms with E-state index in [0.717, 1.165) is 0 Å². The van der Waals surface area contributed by atoms with Gasteiger partial charge < -0.3 is 0 Å². The van der Waals surface area contributed by atoms with E-state index in [1.807, 2.05) is 0 Å². The van der Waals surface area contributed by atoms with Crippen LogP contribution in [0.5, 0.6) is 0 Å². The van der Waals surface area contributed by atoms with E-state index in [1.54, 1.807) is 12.9 Å². The van der Waals surface area contributed by atoms with Crippen molar-refractivity contribution >= 4 is 18.6 Å². The first-order valence-corrected chi connectivity index (χ1v) is 2.26. The maximum atomic E-state index is 9.52. The lowest BCUT2D eigenvalue weighted by molar-refractivity contribution is 0.567. The molecule has 0 aliphatic rings. The summed E-state index contributed by atoms with van der Waals surface area (Å²) in [5.41, 5.74) is 0.651. The highest BCUT2D eigenvalue weighted by atomic mass is 32.1. The summed E-state index contributed by atoms with van der Waals surface area (Å²) >= 11 is 3.80. The predicted octanol–water partition coefficient (Wildman–Crippen LogP) is 0.694. The average molecular weight is 102 g/mol. The molecule has 0 rings (SSSR count). The fourth-order valence-corrected chi connectivity index (χ4v) is 0.0968. The molecule has 0 aliphatic carbocycles. The van der Waals surface area contributed by atoms with Crippen LogP contribution in [0.1, 0.15) is 6.92 Å². The zero-order chi connectivity index (χ0) is 4.99. The molecule has 0 aromatic carbocycles. The van der Waals surface area contributed by atoms with Crippen molar-refractivity contribution in [2.75, 3.05) is 5.75 Å². The van der Waals surface area contributed by atoms with Gasteiger partial charge in [0.1, 0.15) is 5.94 Å². The molecule has 34 valence electrons. The topological polar surface area (TPSA) is 17.1 Å². The molecular weight excluding hydrogens is 96.1 g/mol. The minimum Gasteiger partial charge on any atom is -0.234 e. The lowest BCUT2D eigenvalue weighted by Gasteiger charge is -1.75. The zero-order valence-electron chi connectivity index (χ0n) is 3.56. The van der Waals surface area contributed by atoms with Crippen LogP contribution in [0.4, 0.5) is 0 Å². The SMILES string of the molecule is CC(=C=O)CS. The third-order valence-corrected chi connectivity index (χ3v) is 0.886. The molecule has 0 aromatic rings. The van der Waals surface area contributed by atoms with E-state index in [0.29, 0.717) is 11.3 Å². The third-order valence-electron chi connectivity index (χ3n) is 0.411. The molecule has 0 unspecified atom stereocenters. The first kappa shape index (κ1) is 5.80. The third kappa shape index (κ3) is 2.06. The van der Waals surface area contributed by atoms with Gasteiger partial charge in [-0.2, -0.15) is 12.6 Å². The summed E-state index contributed by atoms with van der Waals surface area (Å²) < 4.78 is 0. The molecule has 0 heterocycles. The van der Waals surface area contributed by atoms with Crippen LogP contribution in [0.3, 0.4) is 0 Å². The predicted molar refractivity (Wildman–Crippen MR) is 28.7 cm³/mol. The van der Waals surface area contributed by atoms with Crippen molar-refractivity contribution in [1.29, 1.82) is 0 Å². The smallest absolute Gasteiger partial charge is 0.124 e. The quantitative estimate of drug-likeness (QED) is 0.381. The second kappa shape index (κ2) is 3.01. The van der Waals surface area contributed by atoms with Gasteiger partial charge in [0.05, 0.1) is 0 Å². The number of rotatable bonds is 1. The summed E-state index contributed by atoms with van der Waals surface area (Å²) in [4.78, 5) is 9.52. The van der Waals surface area contributed by atoms with Gasteiger partial charge in [0, 0.05) is 11.3 Å². The number of thiol groups is 1. The molecule has 0 spiro atoms. The highest BCUT2D eigenvalue weighted by Gasteiger charge is 1.76. The molecule has 0 bridgehead atoms. The fraction of sp³-hybridized carbons (Fsp3) is 0.500. The minimum absolute atomic E-state index is 0.517. The molecule has 0 aromatic heterocycles. The van der Waals surface area contributed by atoms with Gasteiger partial charge in [0.25, 0.3) is 0 Å². The molecule has 0 amide bonds. The normalized spacial score (nSPS) is 7.00. The Labute approximate surface area is 42.5 Å². The van der Waals surface area contributed by atoms with Crippen molar-refractivity contribution in [3.63, 3.8) is 0 Å². The van der Waals surface area contributed by atoms with Crippen molar-refractivity contribution in [2.24, 2.45) is 0 Å². The summed E-state index contributed by atoms with van der Waals surface area (Å²) in [5, 5.41) is 0. The highest BCUT2D eigenvalue weighted by Crippen LogP contribution is 1.84. The molecule has 6 heavy (non-hydrogen) atoms. The van der Waals surface area contributed by atoms with Crippen molar-refractivity contribution in [1.82, 2.24) is 0 Å². The van der Waals surface area contributed by atoms with Crippen LogP contribution in [0, 0.1) is 0 Å².